The van der Waals surface area contributed by atoms with Gasteiger partial charge < -0.3 is 13.7 Å². The highest BCUT2D eigenvalue weighted by Crippen LogP contribution is 2.29. The molecule has 9 nitrogen and oxygen atoms in total. The van der Waals surface area contributed by atoms with E-state index in [0.717, 1.165) is 48.0 Å². The van der Waals surface area contributed by atoms with Crippen molar-refractivity contribution in [2.45, 2.75) is 31.7 Å². The Hall–Kier alpha value is -3.82. The van der Waals surface area contributed by atoms with E-state index in [1.54, 1.807) is 0 Å². The molecule has 5 aromatic rings. The third-order valence-electron chi connectivity index (χ3n) is 6.75. The topological polar surface area (TPSA) is 78.3 Å². The second-order valence-corrected chi connectivity index (χ2v) is 9.13. The number of fused-ring (bicyclic) bond motifs is 3. The first-order chi connectivity index (χ1) is 16.8. The average Bonchev–Trinajstić information content (AvgIpc) is 3.68. The van der Waals surface area contributed by atoms with Crippen LogP contribution in [0, 0.1) is 0 Å². The van der Waals surface area contributed by atoms with Gasteiger partial charge in [-0.15, -0.1) is 5.10 Å². The number of morpholine rings is 1. The molecule has 170 valence electrons. The molecule has 7 rings (SSSR count). The van der Waals surface area contributed by atoms with Gasteiger partial charge in [-0.2, -0.15) is 0 Å². The second kappa shape index (κ2) is 7.89. The first-order valence-electron chi connectivity index (χ1n) is 11.6. The predicted octanol–water partition coefficient (Wildman–Crippen LogP) is 2.80. The molecule has 0 aliphatic carbocycles. The lowest BCUT2D eigenvalue weighted by Crippen LogP contribution is -2.36. The number of aromatic nitrogens is 7. The fourth-order valence-electron chi connectivity index (χ4n) is 5.06. The molecule has 0 amide bonds. The van der Waals surface area contributed by atoms with Crippen LogP contribution in [0.25, 0.3) is 22.6 Å². The van der Waals surface area contributed by atoms with E-state index in [-0.39, 0.29) is 0 Å². The summed E-state index contributed by atoms with van der Waals surface area (Å²) >= 11 is 0. The van der Waals surface area contributed by atoms with Crippen molar-refractivity contribution >= 4 is 5.65 Å². The van der Waals surface area contributed by atoms with Gasteiger partial charge in [0.2, 0.25) is 0 Å². The molecule has 7 heterocycles. The van der Waals surface area contributed by atoms with Gasteiger partial charge in [0.25, 0.3) is 0 Å². The monoisotopic (exact) mass is 452 g/mol. The minimum atomic E-state index is 0.424. The number of hydrogen-bond donors (Lipinski definition) is 0. The predicted molar refractivity (Wildman–Crippen MR) is 125 cm³/mol. The van der Waals surface area contributed by atoms with E-state index >= 15 is 0 Å². The Morgan fingerprint density at radius 1 is 1.03 bits per heavy atom. The Kier molecular flexibility index (Phi) is 4.56. The fraction of sp³-hybridized carbons (Fsp3) is 0.280. The summed E-state index contributed by atoms with van der Waals surface area (Å²) in [5.41, 5.74) is 5.88. The fourth-order valence-corrected chi connectivity index (χ4v) is 5.06. The third kappa shape index (κ3) is 3.59. The molecule has 0 spiro atoms. The highest BCUT2D eigenvalue weighted by molar-refractivity contribution is 5.59. The van der Waals surface area contributed by atoms with Crippen LogP contribution in [0.4, 0.5) is 0 Å². The van der Waals surface area contributed by atoms with E-state index in [9.17, 15) is 0 Å². The lowest BCUT2D eigenvalue weighted by atomic mass is 10.2. The SMILES string of the molecule is c1ccn(-c2cncc(-c3cn(Cc4cn5cc(CN6CC7CC6CO7)ccc5n4)nn3)c2)c1. The number of imidazole rings is 1. The van der Waals surface area contributed by atoms with E-state index in [2.05, 4.69) is 55.2 Å². The quantitative estimate of drug-likeness (QED) is 0.394. The van der Waals surface area contributed by atoms with Crippen LogP contribution < -0.4 is 0 Å². The summed E-state index contributed by atoms with van der Waals surface area (Å²) in [6.07, 6.45) is 15.4. The number of pyridine rings is 2. The molecule has 5 aromatic heterocycles. The standard InChI is InChI=1S/C25H24N8O/c1-2-6-30(5-1)21-7-19(9-26-10-21)24-16-33(29-28-24)14-20-13-32-12-18(3-4-25(32)27-20)11-31-15-23-8-22(31)17-34-23/h1-7,9-10,12-13,16,22-23H,8,11,14-15,17H2. The molecule has 0 aromatic carbocycles. The van der Waals surface area contributed by atoms with Crippen LogP contribution in [0.2, 0.25) is 0 Å². The summed E-state index contributed by atoms with van der Waals surface area (Å²) in [6, 6.07) is 10.9. The van der Waals surface area contributed by atoms with Crippen LogP contribution in [0.1, 0.15) is 17.7 Å². The van der Waals surface area contributed by atoms with Crippen LogP contribution in [-0.2, 0) is 17.8 Å². The lowest BCUT2D eigenvalue weighted by molar-refractivity contribution is 0.0273. The van der Waals surface area contributed by atoms with Gasteiger partial charge >= 0.3 is 0 Å². The molecule has 2 bridgehead atoms. The van der Waals surface area contributed by atoms with Gasteiger partial charge in [-0.25, -0.2) is 9.67 Å². The van der Waals surface area contributed by atoms with Crippen LogP contribution >= 0.6 is 0 Å². The zero-order chi connectivity index (χ0) is 22.5. The molecule has 0 radical (unpaired) electrons. The number of likely N-dealkylation sites (tertiary alicyclic amines) is 1. The molecule has 0 saturated carbocycles. The molecule has 2 aliphatic rings. The third-order valence-corrected chi connectivity index (χ3v) is 6.75. The Balaban J connectivity index is 1.08. The van der Waals surface area contributed by atoms with Crippen molar-refractivity contribution in [1.82, 2.24) is 38.8 Å². The van der Waals surface area contributed by atoms with Gasteiger partial charge in [0, 0.05) is 55.7 Å². The molecule has 2 unspecified atom stereocenters. The zero-order valence-electron chi connectivity index (χ0n) is 18.6. The molecule has 2 saturated heterocycles. The Morgan fingerprint density at radius 2 is 1.97 bits per heavy atom. The van der Waals surface area contributed by atoms with Gasteiger partial charge in [0.05, 0.1) is 43.0 Å². The van der Waals surface area contributed by atoms with Gasteiger partial charge in [-0.1, -0.05) is 11.3 Å². The normalized spacial score (nSPS) is 20.0. The molecule has 0 N–H and O–H groups in total. The maximum absolute atomic E-state index is 5.73. The summed E-state index contributed by atoms with van der Waals surface area (Å²) in [5.74, 6) is 0. The van der Waals surface area contributed by atoms with Crippen LogP contribution in [0.5, 0.6) is 0 Å². The molecular weight excluding hydrogens is 428 g/mol. The average molecular weight is 453 g/mol. The van der Waals surface area contributed by atoms with Gasteiger partial charge in [0.15, 0.2) is 0 Å². The Labute approximate surface area is 196 Å². The maximum atomic E-state index is 5.73. The summed E-state index contributed by atoms with van der Waals surface area (Å²) in [7, 11) is 0. The van der Waals surface area contributed by atoms with E-state index in [4.69, 9.17) is 9.72 Å². The molecule has 2 aliphatic heterocycles. The summed E-state index contributed by atoms with van der Waals surface area (Å²) < 4.78 is 11.7. The molecule has 34 heavy (non-hydrogen) atoms. The summed E-state index contributed by atoms with van der Waals surface area (Å²) in [5, 5.41) is 8.69. The summed E-state index contributed by atoms with van der Waals surface area (Å²) in [6.45, 7) is 3.42. The first kappa shape index (κ1) is 19.6. The van der Waals surface area contributed by atoms with E-state index in [1.807, 2.05) is 52.4 Å². The van der Waals surface area contributed by atoms with Gasteiger partial charge in [-0.05, 0) is 36.2 Å². The number of nitrogens with zero attached hydrogens (tertiary/aromatic N) is 8. The summed E-state index contributed by atoms with van der Waals surface area (Å²) in [4.78, 5) is 11.7. The molecule has 2 fully saturated rings. The van der Waals surface area contributed by atoms with Crippen molar-refractivity contribution in [3.63, 3.8) is 0 Å². The largest absolute Gasteiger partial charge is 0.375 e. The maximum Gasteiger partial charge on any atom is 0.137 e. The van der Waals surface area contributed by atoms with Crippen molar-refractivity contribution in [3.05, 3.63) is 85.0 Å². The van der Waals surface area contributed by atoms with E-state index in [0.29, 0.717) is 18.7 Å². The minimum Gasteiger partial charge on any atom is -0.375 e. The number of hydrogen-bond acceptors (Lipinski definition) is 6. The highest BCUT2D eigenvalue weighted by Gasteiger charge is 2.38. The van der Waals surface area contributed by atoms with Crippen molar-refractivity contribution in [2.24, 2.45) is 0 Å². The molecule has 9 heteroatoms. The van der Waals surface area contributed by atoms with Crippen molar-refractivity contribution < 1.29 is 4.74 Å². The lowest BCUT2D eigenvalue weighted by Gasteiger charge is -2.26. The second-order valence-electron chi connectivity index (χ2n) is 9.13. The van der Waals surface area contributed by atoms with Crippen LogP contribution in [-0.4, -0.2) is 64.1 Å². The van der Waals surface area contributed by atoms with Crippen molar-refractivity contribution in [2.75, 3.05) is 13.2 Å². The molecule has 2 atom stereocenters. The van der Waals surface area contributed by atoms with Crippen molar-refractivity contribution in [1.29, 1.82) is 0 Å². The number of ether oxygens (including phenoxy) is 1. The highest BCUT2D eigenvalue weighted by atomic mass is 16.5. The zero-order valence-corrected chi connectivity index (χ0v) is 18.6. The smallest absolute Gasteiger partial charge is 0.137 e. The minimum absolute atomic E-state index is 0.424. The van der Waals surface area contributed by atoms with Crippen LogP contribution in [0.15, 0.2) is 73.7 Å². The van der Waals surface area contributed by atoms with Gasteiger partial charge in [0.1, 0.15) is 11.3 Å². The van der Waals surface area contributed by atoms with Crippen LogP contribution in [0.3, 0.4) is 0 Å². The van der Waals surface area contributed by atoms with E-state index < -0.39 is 0 Å². The Morgan fingerprint density at radius 3 is 2.82 bits per heavy atom. The van der Waals surface area contributed by atoms with E-state index in [1.165, 1.54) is 12.0 Å². The van der Waals surface area contributed by atoms with Crippen molar-refractivity contribution in [3.8, 4) is 16.9 Å². The first-order valence-corrected chi connectivity index (χ1v) is 11.6. The van der Waals surface area contributed by atoms with Gasteiger partial charge in [-0.3, -0.25) is 9.88 Å². The number of rotatable bonds is 6. The molecular formula is C25H24N8O. The Bertz CT molecular complexity index is 1450.